The summed E-state index contributed by atoms with van der Waals surface area (Å²) < 4.78 is 0. The zero-order chi connectivity index (χ0) is 8.65. The molecule has 2 nitrogen and oxygen atoms in total. The zero-order valence-electron chi connectivity index (χ0n) is 7.11. The van der Waals surface area contributed by atoms with Crippen LogP contribution in [0.25, 0.3) is 0 Å². The van der Waals surface area contributed by atoms with Gasteiger partial charge in [0.1, 0.15) is 0 Å². The van der Waals surface area contributed by atoms with E-state index in [9.17, 15) is 0 Å². The Balaban J connectivity index is 2.33. The summed E-state index contributed by atoms with van der Waals surface area (Å²) in [7, 11) is 0. The fourth-order valence-corrected chi connectivity index (χ4v) is 0.952. The number of allylic oxidation sites excluding steroid dienone is 1. The Bertz CT molecular complexity index is 229. The molecule has 0 saturated heterocycles. The number of aromatic nitrogens is 1. The van der Waals surface area contributed by atoms with Crippen LogP contribution in [0.5, 0.6) is 0 Å². The molecule has 0 aliphatic rings. The molecule has 64 valence electrons. The lowest BCUT2D eigenvalue weighted by Gasteiger charge is -1.92. The molecule has 0 atom stereocenters. The Kier molecular flexibility index (Phi) is 4.09. The second-order valence-corrected chi connectivity index (χ2v) is 2.61. The van der Waals surface area contributed by atoms with E-state index in [1.807, 2.05) is 12.3 Å². The van der Waals surface area contributed by atoms with Crippen LogP contribution in [0.3, 0.4) is 0 Å². The SMILES string of the molecule is NCCC=CCc1cccnc1. The van der Waals surface area contributed by atoms with E-state index in [0.717, 1.165) is 19.4 Å². The minimum Gasteiger partial charge on any atom is -0.330 e. The van der Waals surface area contributed by atoms with Gasteiger partial charge in [-0.15, -0.1) is 0 Å². The van der Waals surface area contributed by atoms with Gasteiger partial charge in [0.05, 0.1) is 0 Å². The van der Waals surface area contributed by atoms with Crippen molar-refractivity contribution in [2.45, 2.75) is 12.8 Å². The lowest BCUT2D eigenvalue weighted by molar-refractivity contribution is 1.00. The second-order valence-electron chi connectivity index (χ2n) is 2.61. The molecule has 1 aromatic heterocycles. The summed E-state index contributed by atoms with van der Waals surface area (Å²) in [5.41, 5.74) is 6.59. The molecule has 0 bridgehead atoms. The predicted octanol–water partition coefficient (Wildman–Crippen LogP) is 1.53. The Morgan fingerprint density at radius 3 is 3.00 bits per heavy atom. The standard InChI is InChI=1S/C10H14N2/c11-7-3-1-2-5-10-6-4-8-12-9-10/h1-2,4,6,8-9H,3,5,7,11H2. The molecule has 0 aliphatic heterocycles. The van der Waals surface area contributed by atoms with Crippen molar-refractivity contribution in [3.63, 3.8) is 0 Å². The van der Waals surface area contributed by atoms with E-state index in [2.05, 4.69) is 23.2 Å². The molecule has 0 aromatic carbocycles. The Hall–Kier alpha value is -1.15. The number of hydrogen-bond donors (Lipinski definition) is 1. The van der Waals surface area contributed by atoms with Crippen LogP contribution in [0.4, 0.5) is 0 Å². The molecule has 2 N–H and O–H groups in total. The van der Waals surface area contributed by atoms with Gasteiger partial charge in [0.25, 0.3) is 0 Å². The topological polar surface area (TPSA) is 38.9 Å². The first-order chi connectivity index (χ1) is 5.93. The minimum atomic E-state index is 0.726. The van der Waals surface area contributed by atoms with Crippen LogP contribution in [-0.4, -0.2) is 11.5 Å². The van der Waals surface area contributed by atoms with E-state index in [0.29, 0.717) is 0 Å². The monoisotopic (exact) mass is 162 g/mol. The summed E-state index contributed by atoms with van der Waals surface area (Å²) in [5.74, 6) is 0. The molecule has 0 spiro atoms. The van der Waals surface area contributed by atoms with E-state index in [-0.39, 0.29) is 0 Å². The maximum Gasteiger partial charge on any atom is 0.0303 e. The molecule has 12 heavy (non-hydrogen) atoms. The van der Waals surface area contributed by atoms with Gasteiger partial charge in [0.15, 0.2) is 0 Å². The van der Waals surface area contributed by atoms with Crippen molar-refractivity contribution in [2.24, 2.45) is 5.73 Å². The van der Waals surface area contributed by atoms with Gasteiger partial charge in [0.2, 0.25) is 0 Å². The van der Waals surface area contributed by atoms with Crippen LogP contribution in [0.1, 0.15) is 12.0 Å². The van der Waals surface area contributed by atoms with Gasteiger partial charge < -0.3 is 5.73 Å². The number of nitrogens with two attached hydrogens (primary N) is 1. The summed E-state index contributed by atoms with van der Waals surface area (Å²) in [5, 5.41) is 0. The van der Waals surface area contributed by atoms with Crippen LogP contribution in [0.2, 0.25) is 0 Å². The molecule has 0 fully saturated rings. The summed E-state index contributed by atoms with van der Waals surface area (Å²) in [4.78, 5) is 4.02. The lowest BCUT2D eigenvalue weighted by Crippen LogP contribution is -1.95. The number of rotatable bonds is 4. The van der Waals surface area contributed by atoms with Crippen LogP contribution in [-0.2, 0) is 6.42 Å². The Labute approximate surface area is 73.1 Å². The third-order valence-electron chi connectivity index (χ3n) is 1.58. The maximum atomic E-state index is 5.34. The molecule has 0 radical (unpaired) electrons. The third kappa shape index (κ3) is 3.30. The predicted molar refractivity (Wildman–Crippen MR) is 50.8 cm³/mol. The van der Waals surface area contributed by atoms with E-state index in [1.165, 1.54) is 5.56 Å². The fraction of sp³-hybridized carbons (Fsp3) is 0.300. The van der Waals surface area contributed by atoms with E-state index < -0.39 is 0 Å². The average molecular weight is 162 g/mol. The van der Waals surface area contributed by atoms with Crippen LogP contribution >= 0.6 is 0 Å². The first kappa shape index (κ1) is 8.94. The molecule has 0 amide bonds. The molecule has 2 heteroatoms. The number of pyridine rings is 1. The molecule has 1 aromatic rings. The summed E-state index contributed by atoms with van der Waals surface area (Å²) in [6, 6.07) is 4.02. The van der Waals surface area contributed by atoms with Crippen molar-refractivity contribution in [3.8, 4) is 0 Å². The highest BCUT2D eigenvalue weighted by Crippen LogP contribution is 1.97. The van der Waals surface area contributed by atoms with E-state index >= 15 is 0 Å². The highest BCUT2D eigenvalue weighted by atomic mass is 14.6. The Morgan fingerprint density at radius 2 is 2.33 bits per heavy atom. The summed E-state index contributed by atoms with van der Waals surface area (Å²) in [6.07, 6.45) is 9.81. The molecule has 1 heterocycles. The van der Waals surface area contributed by atoms with Gasteiger partial charge >= 0.3 is 0 Å². The van der Waals surface area contributed by atoms with Gasteiger partial charge in [-0.2, -0.15) is 0 Å². The normalized spacial score (nSPS) is 10.8. The summed E-state index contributed by atoms with van der Waals surface area (Å²) in [6.45, 7) is 0.726. The largest absolute Gasteiger partial charge is 0.330 e. The van der Waals surface area contributed by atoms with Crippen LogP contribution in [0, 0.1) is 0 Å². The third-order valence-corrected chi connectivity index (χ3v) is 1.58. The van der Waals surface area contributed by atoms with Crippen molar-refractivity contribution in [3.05, 3.63) is 42.2 Å². The highest BCUT2D eigenvalue weighted by molar-refractivity contribution is 5.12. The maximum absolute atomic E-state index is 5.34. The van der Waals surface area contributed by atoms with E-state index in [4.69, 9.17) is 5.73 Å². The second kappa shape index (κ2) is 5.49. The van der Waals surface area contributed by atoms with Gasteiger partial charge in [-0.25, -0.2) is 0 Å². The van der Waals surface area contributed by atoms with E-state index in [1.54, 1.807) is 6.20 Å². The van der Waals surface area contributed by atoms with Crippen LogP contribution < -0.4 is 5.73 Å². The number of nitrogens with zero attached hydrogens (tertiary/aromatic N) is 1. The van der Waals surface area contributed by atoms with Gasteiger partial charge in [-0.3, -0.25) is 4.98 Å². The highest BCUT2D eigenvalue weighted by Gasteiger charge is 1.85. The van der Waals surface area contributed by atoms with Gasteiger partial charge in [-0.05, 0) is 31.0 Å². The van der Waals surface area contributed by atoms with Gasteiger partial charge in [-0.1, -0.05) is 18.2 Å². The molecular formula is C10H14N2. The minimum absolute atomic E-state index is 0.726. The summed E-state index contributed by atoms with van der Waals surface area (Å²) >= 11 is 0. The van der Waals surface area contributed by atoms with Crippen molar-refractivity contribution in [2.75, 3.05) is 6.54 Å². The first-order valence-electron chi connectivity index (χ1n) is 4.17. The first-order valence-corrected chi connectivity index (χ1v) is 4.17. The van der Waals surface area contributed by atoms with Crippen LogP contribution in [0.15, 0.2) is 36.7 Å². The van der Waals surface area contributed by atoms with Crippen molar-refractivity contribution in [1.82, 2.24) is 4.98 Å². The van der Waals surface area contributed by atoms with Crippen molar-refractivity contribution in [1.29, 1.82) is 0 Å². The average Bonchev–Trinajstić information content (AvgIpc) is 2.14. The fourth-order valence-electron chi connectivity index (χ4n) is 0.952. The Morgan fingerprint density at radius 1 is 1.42 bits per heavy atom. The molecule has 0 unspecified atom stereocenters. The zero-order valence-corrected chi connectivity index (χ0v) is 7.11. The molecular weight excluding hydrogens is 148 g/mol. The molecule has 0 saturated carbocycles. The molecule has 1 rings (SSSR count). The molecule has 0 aliphatic carbocycles. The van der Waals surface area contributed by atoms with Crippen molar-refractivity contribution < 1.29 is 0 Å². The quantitative estimate of drug-likeness (QED) is 0.682. The number of hydrogen-bond acceptors (Lipinski definition) is 2. The smallest absolute Gasteiger partial charge is 0.0303 e. The lowest BCUT2D eigenvalue weighted by atomic mass is 10.2. The van der Waals surface area contributed by atoms with Crippen molar-refractivity contribution >= 4 is 0 Å². The van der Waals surface area contributed by atoms with Gasteiger partial charge in [0, 0.05) is 12.4 Å².